The van der Waals surface area contributed by atoms with Crippen molar-refractivity contribution in [3.8, 4) is 0 Å². The van der Waals surface area contributed by atoms with E-state index in [2.05, 4.69) is 9.98 Å². The molecule has 5 nitrogen and oxygen atoms in total. The largest absolute Gasteiger partial charge is 0.384 e. The first kappa shape index (κ1) is 18.3. The molecular weight excluding hydrogens is 326 g/mol. The Balaban J connectivity index is 1.67. The maximum Gasteiger partial charge on any atom is 0.139 e. The molecule has 3 rings (SSSR count). The summed E-state index contributed by atoms with van der Waals surface area (Å²) >= 11 is 0. The fourth-order valence-corrected chi connectivity index (χ4v) is 3.35. The van der Waals surface area contributed by atoms with Gasteiger partial charge in [-0.2, -0.15) is 0 Å². The minimum atomic E-state index is 0.0757. The van der Waals surface area contributed by atoms with Gasteiger partial charge in [-0.05, 0) is 17.2 Å². The van der Waals surface area contributed by atoms with Crippen LogP contribution >= 0.6 is 0 Å². The predicted octanol–water partition coefficient (Wildman–Crippen LogP) is 2.84. The van der Waals surface area contributed by atoms with Gasteiger partial charge in [0.1, 0.15) is 11.6 Å². The molecular formula is C21H25N3O2. The number of nitrogens with zero attached hydrogens (tertiary/aromatic N) is 3. The topological polar surface area (TPSA) is 54.8 Å². The quantitative estimate of drug-likeness (QED) is 0.770. The van der Waals surface area contributed by atoms with Gasteiger partial charge in [0.15, 0.2) is 0 Å². The van der Waals surface area contributed by atoms with E-state index >= 15 is 0 Å². The molecule has 0 aliphatic carbocycles. The van der Waals surface area contributed by atoms with Gasteiger partial charge in [0.05, 0.1) is 13.2 Å². The summed E-state index contributed by atoms with van der Waals surface area (Å²) in [6.45, 7) is 1.19. The summed E-state index contributed by atoms with van der Waals surface area (Å²) in [5, 5.41) is 0. The smallest absolute Gasteiger partial charge is 0.139 e. The van der Waals surface area contributed by atoms with Crippen LogP contribution in [0.3, 0.4) is 0 Å². The van der Waals surface area contributed by atoms with Crippen LogP contribution in [0.25, 0.3) is 0 Å². The lowest BCUT2D eigenvalue weighted by Crippen LogP contribution is -2.21. The minimum absolute atomic E-state index is 0.0757. The molecule has 1 atom stereocenters. The molecule has 0 amide bonds. The van der Waals surface area contributed by atoms with E-state index in [0.717, 1.165) is 28.2 Å². The van der Waals surface area contributed by atoms with Crippen molar-refractivity contribution in [3.05, 3.63) is 65.0 Å². The van der Waals surface area contributed by atoms with E-state index in [1.807, 2.05) is 61.6 Å². The number of fused-ring (bicyclic) bond motifs is 1. The van der Waals surface area contributed by atoms with Gasteiger partial charge in [0.2, 0.25) is 0 Å². The van der Waals surface area contributed by atoms with Crippen LogP contribution in [0.1, 0.15) is 34.7 Å². The second-order valence-electron chi connectivity index (χ2n) is 6.85. The summed E-state index contributed by atoms with van der Waals surface area (Å²) in [6.07, 6.45) is 2.64. The number of Topliss-reactive ketones (excluding diaryl/α,β-unsaturated/α-hetero) is 1. The first-order valence-corrected chi connectivity index (χ1v) is 8.84. The van der Waals surface area contributed by atoms with Gasteiger partial charge >= 0.3 is 0 Å². The maximum atomic E-state index is 12.6. The van der Waals surface area contributed by atoms with Crippen LogP contribution in [0.4, 0.5) is 0 Å². The van der Waals surface area contributed by atoms with Crippen molar-refractivity contribution in [1.29, 1.82) is 0 Å². The Bertz CT molecular complexity index is 800. The number of rotatable bonds is 7. The summed E-state index contributed by atoms with van der Waals surface area (Å²) in [4.78, 5) is 23.6. The summed E-state index contributed by atoms with van der Waals surface area (Å²) in [5.74, 6) is 1.21. The van der Waals surface area contributed by atoms with Crippen molar-refractivity contribution < 1.29 is 9.53 Å². The molecule has 136 valence electrons. The molecule has 1 aromatic heterocycles. The zero-order chi connectivity index (χ0) is 18.5. The fourth-order valence-electron chi connectivity index (χ4n) is 3.35. The van der Waals surface area contributed by atoms with E-state index in [1.165, 1.54) is 0 Å². The molecule has 0 radical (unpaired) electrons. The number of hydrogen-bond donors (Lipinski definition) is 0. The molecule has 2 aromatic rings. The van der Waals surface area contributed by atoms with Crippen molar-refractivity contribution in [1.82, 2.24) is 9.88 Å². The lowest BCUT2D eigenvalue weighted by Gasteiger charge is -2.16. The Hall–Kier alpha value is -2.53. The number of ketones is 1. The Morgan fingerprint density at radius 2 is 2.04 bits per heavy atom. The Morgan fingerprint density at radius 3 is 2.73 bits per heavy atom. The highest BCUT2D eigenvalue weighted by molar-refractivity contribution is 6.01. The number of pyridine rings is 1. The van der Waals surface area contributed by atoms with E-state index in [9.17, 15) is 4.79 Å². The van der Waals surface area contributed by atoms with Crippen molar-refractivity contribution in [3.63, 3.8) is 0 Å². The number of hydrogen-bond acceptors (Lipinski definition) is 5. The summed E-state index contributed by atoms with van der Waals surface area (Å²) < 4.78 is 5.32. The zero-order valence-corrected chi connectivity index (χ0v) is 15.6. The van der Waals surface area contributed by atoms with E-state index in [-0.39, 0.29) is 11.7 Å². The first-order chi connectivity index (χ1) is 12.6. The fraction of sp³-hybridized carbons (Fsp3) is 0.381. The van der Waals surface area contributed by atoms with Crippen LogP contribution in [0.15, 0.2) is 47.6 Å². The van der Waals surface area contributed by atoms with Gasteiger partial charge < -0.3 is 9.64 Å². The van der Waals surface area contributed by atoms with Gasteiger partial charge in [0.25, 0.3) is 0 Å². The van der Waals surface area contributed by atoms with E-state index in [0.29, 0.717) is 26.0 Å². The Kier molecular flexibility index (Phi) is 5.78. The zero-order valence-electron chi connectivity index (χ0n) is 15.6. The Morgan fingerprint density at radius 1 is 1.27 bits per heavy atom. The highest BCUT2D eigenvalue weighted by Gasteiger charge is 2.20. The normalized spacial score (nSPS) is 13.9. The second kappa shape index (κ2) is 8.23. The number of ether oxygens (including phenoxy) is 1. The standard InChI is InChI=1S/C21H25N3O2/c1-24(2)21-20-13-22-18(9-16(20)12-23-21)11-19(25)10-17(14-26-3)15-7-5-4-6-8-15/h4-9,13,17H,10-12,14H2,1-3H3/t17-/m1/s1. The van der Waals surface area contributed by atoms with E-state index < -0.39 is 0 Å². The molecule has 1 aliphatic heterocycles. The van der Waals surface area contributed by atoms with Crippen molar-refractivity contribution >= 4 is 11.6 Å². The van der Waals surface area contributed by atoms with Crippen molar-refractivity contribution in [2.24, 2.45) is 4.99 Å². The number of carbonyl (C=O) groups excluding carboxylic acids is 1. The molecule has 26 heavy (non-hydrogen) atoms. The van der Waals surface area contributed by atoms with Crippen LogP contribution in [0.5, 0.6) is 0 Å². The summed E-state index contributed by atoms with van der Waals surface area (Å²) in [7, 11) is 5.63. The third-order valence-corrected chi connectivity index (χ3v) is 4.60. The van der Waals surface area contributed by atoms with Crippen LogP contribution < -0.4 is 0 Å². The van der Waals surface area contributed by atoms with Crippen molar-refractivity contribution in [2.75, 3.05) is 27.8 Å². The highest BCUT2D eigenvalue weighted by Crippen LogP contribution is 2.23. The van der Waals surface area contributed by atoms with Gasteiger partial charge in [-0.3, -0.25) is 14.8 Å². The van der Waals surface area contributed by atoms with Crippen LogP contribution in [0.2, 0.25) is 0 Å². The lowest BCUT2D eigenvalue weighted by atomic mass is 9.93. The monoisotopic (exact) mass is 351 g/mol. The number of amidine groups is 1. The molecule has 1 aromatic carbocycles. The SMILES string of the molecule is COC[C@@H](CC(=O)Cc1cc2c(cn1)C(N(C)C)=NC2)c1ccccc1. The molecule has 0 saturated heterocycles. The van der Waals surface area contributed by atoms with Gasteiger partial charge in [-0.15, -0.1) is 0 Å². The van der Waals surface area contributed by atoms with Gasteiger partial charge in [-0.25, -0.2) is 0 Å². The molecule has 0 saturated carbocycles. The maximum absolute atomic E-state index is 12.6. The predicted molar refractivity (Wildman–Crippen MR) is 103 cm³/mol. The third-order valence-electron chi connectivity index (χ3n) is 4.60. The summed E-state index contributed by atoms with van der Waals surface area (Å²) in [5.41, 5.74) is 4.15. The molecule has 5 heteroatoms. The molecule has 2 heterocycles. The molecule has 0 fully saturated rings. The number of benzene rings is 1. The average Bonchev–Trinajstić information content (AvgIpc) is 3.05. The molecule has 0 bridgehead atoms. The second-order valence-corrected chi connectivity index (χ2v) is 6.85. The molecule has 0 unspecified atom stereocenters. The average molecular weight is 351 g/mol. The lowest BCUT2D eigenvalue weighted by molar-refractivity contribution is -0.119. The first-order valence-electron chi connectivity index (χ1n) is 8.84. The highest BCUT2D eigenvalue weighted by atomic mass is 16.5. The minimum Gasteiger partial charge on any atom is -0.384 e. The molecule has 0 spiro atoms. The number of aromatic nitrogens is 1. The van der Waals surface area contributed by atoms with Gasteiger partial charge in [-0.1, -0.05) is 30.3 Å². The van der Waals surface area contributed by atoms with E-state index in [1.54, 1.807) is 7.11 Å². The van der Waals surface area contributed by atoms with Crippen LogP contribution in [0, 0.1) is 0 Å². The van der Waals surface area contributed by atoms with E-state index in [4.69, 9.17) is 4.74 Å². The Labute approximate surface area is 154 Å². The number of carbonyl (C=O) groups is 1. The van der Waals surface area contributed by atoms with Crippen LogP contribution in [-0.2, 0) is 22.5 Å². The molecule has 0 N–H and O–H groups in total. The van der Waals surface area contributed by atoms with Crippen LogP contribution in [-0.4, -0.2) is 49.3 Å². The van der Waals surface area contributed by atoms with Gasteiger partial charge in [0, 0.05) is 57.4 Å². The number of aliphatic imine (C=N–C) groups is 1. The number of methoxy groups -OCH3 is 1. The van der Waals surface area contributed by atoms with Crippen molar-refractivity contribution in [2.45, 2.75) is 25.3 Å². The third kappa shape index (κ3) is 4.17. The molecule has 1 aliphatic rings. The summed E-state index contributed by atoms with van der Waals surface area (Å²) in [6, 6.07) is 12.1.